The highest BCUT2D eigenvalue weighted by molar-refractivity contribution is 7.99. The third-order valence-electron chi connectivity index (χ3n) is 4.39. The molecule has 5 heteroatoms. The van der Waals surface area contributed by atoms with E-state index in [0.29, 0.717) is 11.2 Å². The van der Waals surface area contributed by atoms with Crippen LogP contribution < -0.4 is 4.74 Å². The fraction of sp³-hybridized carbons (Fsp3) is 0.562. The van der Waals surface area contributed by atoms with Gasteiger partial charge in [-0.2, -0.15) is 11.8 Å². The van der Waals surface area contributed by atoms with Gasteiger partial charge in [0.25, 0.3) is 0 Å². The molecule has 0 radical (unpaired) electrons. The van der Waals surface area contributed by atoms with Crippen molar-refractivity contribution in [2.24, 2.45) is 0 Å². The molecular weight excluding hydrogens is 284 g/mol. The number of carbonyl (C=O) groups is 1. The Kier molecular flexibility index (Phi) is 4.40. The quantitative estimate of drug-likeness (QED) is 0.850. The molecule has 2 aliphatic rings. The van der Waals surface area contributed by atoms with Crippen LogP contribution in [0.2, 0.25) is 0 Å². The Morgan fingerprint density at radius 3 is 2.76 bits per heavy atom. The number of likely N-dealkylation sites (N-methyl/N-ethyl adjacent to an activating group) is 1. The second-order valence-corrected chi connectivity index (χ2v) is 7.08. The van der Waals surface area contributed by atoms with Crippen LogP contribution in [0.4, 0.5) is 0 Å². The summed E-state index contributed by atoms with van der Waals surface area (Å²) in [6.45, 7) is 2.93. The summed E-state index contributed by atoms with van der Waals surface area (Å²) in [5.41, 5.74) is 1.31. The Labute approximate surface area is 130 Å². The van der Waals surface area contributed by atoms with Crippen molar-refractivity contribution in [1.29, 1.82) is 0 Å². The van der Waals surface area contributed by atoms with Gasteiger partial charge in [0.15, 0.2) is 0 Å². The number of ether oxygens (including phenoxy) is 1. The number of rotatable bonds is 4. The van der Waals surface area contributed by atoms with Crippen LogP contribution in [-0.4, -0.2) is 60.8 Å². The molecule has 2 fully saturated rings. The normalized spacial score (nSPS) is 26.0. The van der Waals surface area contributed by atoms with Crippen LogP contribution in [0.15, 0.2) is 24.3 Å². The minimum Gasteiger partial charge on any atom is -0.497 e. The first kappa shape index (κ1) is 14.7. The molecule has 0 spiro atoms. The van der Waals surface area contributed by atoms with Crippen LogP contribution in [0.25, 0.3) is 0 Å². The fourth-order valence-electron chi connectivity index (χ4n) is 3.07. The lowest BCUT2D eigenvalue weighted by molar-refractivity contribution is -0.138. The summed E-state index contributed by atoms with van der Waals surface area (Å²) < 4.78 is 5.18. The number of benzene rings is 1. The Bertz CT molecular complexity index is 506. The van der Waals surface area contributed by atoms with E-state index in [1.54, 1.807) is 7.11 Å². The molecule has 2 atom stereocenters. The van der Waals surface area contributed by atoms with Crippen molar-refractivity contribution in [2.75, 3.05) is 33.8 Å². The number of nitrogens with zero attached hydrogens (tertiary/aromatic N) is 2. The first-order valence-corrected chi connectivity index (χ1v) is 8.46. The number of fused-ring (bicyclic) bond motifs is 1. The van der Waals surface area contributed by atoms with Gasteiger partial charge in [-0.15, -0.1) is 0 Å². The predicted octanol–water partition coefficient (Wildman–Crippen LogP) is 1.84. The zero-order valence-electron chi connectivity index (χ0n) is 12.6. The van der Waals surface area contributed by atoms with Gasteiger partial charge in [0.1, 0.15) is 5.75 Å². The first-order valence-electron chi connectivity index (χ1n) is 7.41. The molecule has 0 bridgehead atoms. The summed E-state index contributed by atoms with van der Waals surface area (Å²) in [6, 6.07) is 8.37. The van der Waals surface area contributed by atoms with Crippen LogP contribution in [0, 0.1) is 0 Å². The van der Waals surface area contributed by atoms with E-state index >= 15 is 0 Å². The van der Waals surface area contributed by atoms with Gasteiger partial charge in [0, 0.05) is 37.7 Å². The van der Waals surface area contributed by atoms with Gasteiger partial charge < -0.3 is 9.64 Å². The van der Waals surface area contributed by atoms with Crippen LogP contribution in [0.3, 0.4) is 0 Å². The second-order valence-electron chi connectivity index (χ2n) is 5.79. The van der Waals surface area contributed by atoms with Crippen molar-refractivity contribution in [3.8, 4) is 5.75 Å². The smallest absolute Gasteiger partial charge is 0.239 e. The Morgan fingerprint density at radius 2 is 2.05 bits per heavy atom. The number of methoxy groups -OCH3 is 1. The molecule has 0 saturated carbocycles. The Morgan fingerprint density at radius 1 is 1.29 bits per heavy atom. The maximum Gasteiger partial charge on any atom is 0.239 e. The number of hydrogen-bond acceptors (Lipinski definition) is 4. The molecule has 0 unspecified atom stereocenters. The third-order valence-corrected chi connectivity index (χ3v) is 5.71. The van der Waals surface area contributed by atoms with E-state index in [1.165, 1.54) is 5.56 Å². The molecule has 114 valence electrons. The minimum atomic E-state index is 0.122. The molecule has 0 N–H and O–H groups in total. The summed E-state index contributed by atoms with van der Waals surface area (Å²) in [5.74, 6) is 2.20. The monoisotopic (exact) mass is 306 g/mol. The average Bonchev–Trinajstić information content (AvgIpc) is 2.93. The zero-order valence-corrected chi connectivity index (χ0v) is 13.4. The maximum absolute atomic E-state index is 12.2. The molecule has 21 heavy (non-hydrogen) atoms. The Balaban J connectivity index is 1.53. The lowest BCUT2D eigenvalue weighted by Gasteiger charge is -2.34. The van der Waals surface area contributed by atoms with Gasteiger partial charge in [-0.05, 0) is 24.1 Å². The molecule has 2 heterocycles. The highest BCUT2D eigenvalue weighted by Crippen LogP contribution is 2.32. The van der Waals surface area contributed by atoms with Gasteiger partial charge in [-0.3, -0.25) is 9.69 Å². The number of hydrogen-bond donors (Lipinski definition) is 0. The SMILES string of the molecule is COc1ccc(CS[C@H]2C[C@H]3C(=O)N(C)CCN3C2)cc1. The summed E-state index contributed by atoms with van der Waals surface area (Å²) in [6.07, 6.45) is 0.990. The number of thioether (sulfide) groups is 1. The van der Waals surface area contributed by atoms with E-state index in [4.69, 9.17) is 4.74 Å². The van der Waals surface area contributed by atoms with Crippen LogP contribution in [-0.2, 0) is 10.5 Å². The van der Waals surface area contributed by atoms with Crippen molar-refractivity contribution in [2.45, 2.75) is 23.5 Å². The van der Waals surface area contributed by atoms with E-state index in [9.17, 15) is 4.79 Å². The zero-order chi connectivity index (χ0) is 14.8. The molecular formula is C16H22N2O2S. The van der Waals surface area contributed by atoms with E-state index in [1.807, 2.05) is 35.8 Å². The van der Waals surface area contributed by atoms with Crippen LogP contribution >= 0.6 is 11.8 Å². The molecule has 3 rings (SSSR count). The first-order chi connectivity index (χ1) is 10.2. The van der Waals surface area contributed by atoms with Crippen molar-refractivity contribution in [3.63, 3.8) is 0 Å². The molecule has 2 saturated heterocycles. The predicted molar refractivity (Wildman–Crippen MR) is 85.7 cm³/mol. The van der Waals surface area contributed by atoms with E-state index in [0.717, 1.165) is 37.6 Å². The second kappa shape index (κ2) is 6.28. The molecule has 1 amide bonds. The van der Waals surface area contributed by atoms with Crippen molar-refractivity contribution < 1.29 is 9.53 Å². The molecule has 1 aromatic rings. The molecule has 0 aromatic heterocycles. The summed E-state index contributed by atoms with van der Waals surface area (Å²) >= 11 is 1.97. The molecule has 1 aromatic carbocycles. The molecule has 2 aliphatic heterocycles. The average molecular weight is 306 g/mol. The highest BCUT2D eigenvalue weighted by atomic mass is 32.2. The van der Waals surface area contributed by atoms with E-state index < -0.39 is 0 Å². The van der Waals surface area contributed by atoms with Crippen molar-refractivity contribution in [3.05, 3.63) is 29.8 Å². The van der Waals surface area contributed by atoms with Gasteiger partial charge in [-0.25, -0.2) is 0 Å². The summed E-state index contributed by atoms with van der Waals surface area (Å²) in [4.78, 5) is 16.4. The lowest BCUT2D eigenvalue weighted by atomic mass is 10.1. The maximum atomic E-state index is 12.2. The lowest BCUT2D eigenvalue weighted by Crippen LogP contribution is -2.52. The third kappa shape index (κ3) is 3.19. The van der Waals surface area contributed by atoms with E-state index in [-0.39, 0.29) is 6.04 Å². The largest absolute Gasteiger partial charge is 0.497 e. The topological polar surface area (TPSA) is 32.8 Å². The fourth-order valence-corrected chi connectivity index (χ4v) is 4.30. The Hall–Kier alpha value is -1.20. The van der Waals surface area contributed by atoms with Crippen molar-refractivity contribution in [1.82, 2.24) is 9.80 Å². The molecule has 4 nitrogen and oxygen atoms in total. The minimum absolute atomic E-state index is 0.122. The van der Waals surface area contributed by atoms with Gasteiger partial charge >= 0.3 is 0 Å². The number of carbonyl (C=O) groups excluding carboxylic acids is 1. The summed E-state index contributed by atoms with van der Waals surface area (Å²) in [5, 5.41) is 0.563. The van der Waals surface area contributed by atoms with Crippen molar-refractivity contribution >= 4 is 17.7 Å². The van der Waals surface area contributed by atoms with Gasteiger partial charge in [0.05, 0.1) is 13.2 Å². The van der Waals surface area contributed by atoms with Crippen LogP contribution in [0.1, 0.15) is 12.0 Å². The standard InChI is InChI=1S/C16H22N2O2S/c1-17-7-8-18-10-14(9-15(18)16(17)19)21-11-12-3-5-13(20-2)6-4-12/h3-6,14-15H,7-11H2,1-2H3/t14-,15-/m0/s1. The number of piperazine rings is 1. The van der Waals surface area contributed by atoms with Gasteiger partial charge in [-0.1, -0.05) is 12.1 Å². The molecule has 0 aliphatic carbocycles. The van der Waals surface area contributed by atoms with E-state index in [2.05, 4.69) is 17.0 Å². The highest BCUT2D eigenvalue weighted by Gasteiger charge is 2.40. The number of amides is 1. The van der Waals surface area contributed by atoms with Gasteiger partial charge in [0.2, 0.25) is 5.91 Å². The summed E-state index contributed by atoms with van der Waals surface area (Å²) in [7, 11) is 3.60. The van der Waals surface area contributed by atoms with Crippen LogP contribution in [0.5, 0.6) is 5.75 Å².